The van der Waals surface area contributed by atoms with Crippen molar-refractivity contribution in [3.63, 3.8) is 0 Å². The van der Waals surface area contributed by atoms with E-state index in [2.05, 4.69) is 95.9 Å². The first-order valence-electron chi connectivity index (χ1n) is 7.40. The molecule has 0 saturated heterocycles. The predicted molar refractivity (Wildman–Crippen MR) is 92.3 cm³/mol. The second kappa shape index (κ2) is 5.32. The van der Waals surface area contributed by atoms with E-state index in [1.165, 1.54) is 11.3 Å². The number of hydrogen-bond donors (Lipinski definition) is 1. The van der Waals surface area contributed by atoms with Crippen LogP contribution in [-0.2, 0) is 0 Å². The van der Waals surface area contributed by atoms with Gasteiger partial charge in [-0.25, -0.2) is 0 Å². The van der Waals surface area contributed by atoms with Crippen LogP contribution in [0.2, 0.25) is 13.1 Å². The molecule has 1 rings (SSSR count). The molecule has 116 valence electrons. The van der Waals surface area contributed by atoms with Crippen LogP contribution < -0.4 is 4.98 Å². The van der Waals surface area contributed by atoms with Crippen LogP contribution in [0.3, 0.4) is 0 Å². The van der Waals surface area contributed by atoms with Gasteiger partial charge in [-0.3, -0.25) is 4.90 Å². The molecular formula is C16H33N3Si. The Hall–Kier alpha value is -0.583. The van der Waals surface area contributed by atoms with Gasteiger partial charge in [0.2, 0.25) is 0 Å². The van der Waals surface area contributed by atoms with Crippen LogP contribution in [0.5, 0.6) is 0 Å². The molecule has 1 aliphatic carbocycles. The lowest BCUT2D eigenvalue weighted by Crippen LogP contribution is -2.72. The molecule has 0 aromatic carbocycles. The van der Waals surface area contributed by atoms with Crippen LogP contribution in [0, 0.1) is 0 Å². The van der Waals surface area contributed by atoms with E-state index in [4.69, 9.17) is 0 Å². The summed E-state index contributed by atoms with van der Waals surface area (Å²) in [7, 11) is 6.89. The molecule has 1 aliphatic rings. The highest BCUT2D eigenvalue weighted by Gasteiger charge is 2.52. The maximum absolute atomic E-state index is 3.94. The summed E-state index contributed by atoms with van der Waals surface area (Å²) in [5, 5.41) is 0.0277. The first kappa shape index (κ1) is 17.5. The van der Waals surface area contributed by atoms with Gasteiger partial charge in [-0.2, -0.15) is 0 Å². The fourth-order valence-corrected chi connectivity index (χ4v) is 8.63. The van der Waals surface area contributed by atoms with E-state index >= 15 is 0 Å². The van der Waals surface area contributed by atoms with Crippen LogP contribution in [0.1, 0.15) is 27.7 Å². The molecule has 1 N–H and O–H groups in total. The van der Waals surface area contributed by atoms with Crippen molar-refractivity contribution in [3.8, 4) is 0 Å². The maximum atomic E-state index is 3.94. The minimum atomic E-state index is -1.77. The largest absolute Gasteiger partial charge is 0.378 e. The van der Waals surface area contributed by atoms with Crippen molar-refractivity contribution in [2.24, 2.45) is 0 Å². The number of hydrogen-bond acceptors (Lipinski definition) is 3. The number of nitrogens with zero attached hydrogens (tertiary/aromatic N) is 2. The van der Waals surface area contributed by atoms with Gasteiger partial charge in [0.25, 0.3) is 0 Å². The van der Waals surface area contributed by atoms with Gasteiger partial charge >= 0.3 is 0 Å². The van der Waals surface area contributed by atoms with Gasteiger partial charge in [-0.15, -0.1) is 0 Å². The van der Waals surface area contributed by atoms with Crippen molar-refractivity contribution in [1.82, 2.24) is 14.8 Å². The molecule has 3 nitrogen and oxygen atoms in total. The Morgan fingerprint density at radius 3 is 1.90 bits per heavy atom. The Bertz CT molecular complexity index is 427. The zero-order valence-electron chi connectivity index (χ0n) is 15.0. The van der Waals surface area contributed by atoms with E-state index < -0.39 is 8.24 Å². The van der Waals surface area contributed by atoms with Gasteiger partial charge in [-0.05, 0) is 53.4 Å². The van der Waals surface area contributed by atoms with Gasteiger partial charge in [-0.1, -0.05) is 19.2 Å². The molecule has 0 spiro atoms. The summed E-state index contributed by atoms with van der Waals surface area (Å²) in [6, 6.07) is 0. The Balaban J connectivity index is 3.37. The quantitative estimate of drug-likeness (QED) is 0.805. The first-order chi connectivity index (χ1) is 8.85. The summed E-state index contributed by atoms with van der Waals surface area (Å²) in [6.45, 7) is 13.9. The van der Waals surface area contributed by atoms with Gasteiger partial charge in [0.1, 0.15) is 8.24 Å². The maximum Gasteiger partial charge on any atom is 0.150 e. The SMILES string of the molecule is CC1=C(N(C)C)C=CC1(N(C)C)[Si](C)(C)NC(C)(C)C. The number of allylic oxidation sites excluding steroid dienone is 1. The molecule has 1 unspecified atom stereocenters. The second-order valence-electron chi connectivity index (χ2n) is 7.90. The molecule has 1 atom stereocenters. The van der Waals surface area contributed by atoms with Crippen molar-refractivity contribution in [2.75, 3.05) is 28.2 Å². The van der Waals surface area contributed by atoms with Crippen LogP contribution in [0.4, 0.5) is 0 Å². The molecule has 20 heavy (non-hydrogen) atoms. The van der Waals surface area contributed by atoms with E-state index in [1.807, 2.05) is 0 Å². The smallest absolute Gasteiger partial charge is 0.150 e. The minimum Gasteiger partial charge on any atom is -0.378 e. The lowest BCUT2D eigenvalue weighted by molar-refractivity contribution is 0.313. The normalized spacial score (nSPS) is 23.9. The van der Waals surface area contributed by atoms with E-state index in [9.17, 15) is 0 Å². The third kappa shape index (κ3) is 2.87. The third-order valence-electron chi connectivity index (χ3n) is 4.27. The summed E-state index contributed by atoms with van der Waals surface area (Å²) >= 11 is 0. The molecule has 0 aliphatic heterocycles. The Labute approximate surface area is 126 Å². The van der Waals surface area contributed by atoms with E-state index in [0.717, 1.165) is 0 Å². The summed E-state index contributed by atoms with van der Waals surface area (Å²) in [5.41, 5.74) is 2.93. The Morgan fingerprint density at radius 2 is 1.60 bits per heavy atom. The van der Waals surface area contributed by atoms with Gasteiger partial charge < -0.3 is 9.88 Å². The monoisotopic (exact) mass is 295 g/mol. The average molecular weight is 296 g/mol. The Kier molecular flexibility index (Phi) is 4.64. The van der Waals surface area contributed by atoms with Crippen molar-refractivity contribution in [2.45, 2.75) is 51.5 Å². The van der Waals surface area contributed by atoms with Crippen molar-refractivity contribution in [3.05, 3.63) is 23.4 Å². The van der Waals surface area contributed by atoms with Gasteiger partial charge in [0.15, 0.2) is 0 Å². The molecule has 0 amide bonds. The molecule has 0 bridgehead atoms. The predicted octanol–water partition coefficient (Wildman–Crippen LogP) is 2.82. The average Bonchev–Trinajstić information content (AvgIpc) is 2.53. The van der Waals surface area contributed by atoms with Crippen LogP contribution >= 0.6 is 0 Å². The molecule has 0 radical (unpaired) electrons. The standard InChI is InChI=1S/C16H33N3Si/c1-13-14(18(5)6)11-12-16(13,19(7)8)20(9,10)17-15(2,3)4/h11-12,17H,1-10H3. The van der Waals surface area contributed by atoms with Crippen molar-refractivity contribution in [1.29, 1.82) is 0 Å². The first-order valence-corrected chi connectivity index (χ1v) is 10.4. The molecule has 4 heteroatoms. The molecule has 0 heterocycles. The molecule has 0 saturated carbocycles. The van der Waals surface area contributed by atoms with Crippen molar-refractivity contribution >= 4 is 8.24 Å². The molecule has 0 fully saturated rings. The summed E-state index contributed by atoms with van der Waals surface area (Å²) in [6.07, 6.45) is 4.69. The molecule has 0 aromatic heterocycles. The second-order valence-corrected chi connectivity index (χ2v) is 12.2. The minimum absolute atomic E-state index is 0.0277. The van der Waals surface area contributed by atoms with Gasteiger partial charge in [0.05, 0.1) is 5.16 Å². The summed E-state index contributed by atoms with van der Waals surface area (Å²) in [4.78, 5) is 8.55. The van der Waals surface area contributed by atoms with E-state index in [-0.39, 0.29) is 10.7 Å². The zero-order valence-corrected chi connectivity index (χ0v) is 16.0. The molecule has 0 aromatic rings. The lowest BCUT2D eigenvalue weighted by Gasteiger charge is -2.50. The van der Waals surface area contributed by atoms with E-state index in [0.29, 0.717) is 0 Å². The zero-order chi connectivity index (χ0) is 15.9. The third-order valence-corrected chi connectivity index (χ3v) is 8.54. The molecular weight excluding hydrogens is 262 g/mol. The lowest BCUT2D eigenvalue weighted by atomic mass is 10.1. The van der Waals surface area contributed by atoms with Crippen molar-refractivity contribution < 1.29 is 0 Å². The summed E-state index contributed by atoms with van der Waals surface area (Å²) in [5.74, 6) is 0. The fourth-order valence-electron chi connectivity index (χ4n) is 3.88. The Morgan fingerprint density at radius 1 is 1.10 bits per heavy atom. The fraction of sp³-hybridized carbons (Fsp3) is 0.750. The highest BCUT2D eigenvalue weighted by Crippen LogP contribution is 2.40. The van der Waals surface area contributed by atoms with Crippen LogP contribution in [0.15, 0.2) is 23.4 Å². The highest BCUT2D eigenvalue weighted by molar-refractivity contribution is 6.79. The topological polar surface area (TPSA) is 18.5 Å². The van der Waals surface area contributed by atoms with Crippen LogP contribution in [-0.4, -0.2) is 56.9 Å². The van der Waals surface area contributed by atoms with E-state index in [1.54, 1.807) is 0 Å². The number of likely N-dealkylation sites (N-methyl/N-ethyl adjacent to an activating group) is 2. The number of nitrogens with one attached hydrogen (secondary N) is 1. The summed E-state index contributed by atoms with van der Waals surface area (Å²) < 4.78 is 0. The number of rotatable bonds is 4. The van der Waals surface area contributed by atoms with Gasteiger partial charge in [0, 0.05) is 25.3 Å². The van der Waals surface area contributed by atoms with Crippen LogP contribution in [0.25, 0.3) is 0 Å². The highest BCUT2D eigenvalue weighted by atomic mass is 28.3.